The first kappa shape index (κ1) is 12.7. The molecule has 0 spiro atoms. The molecule has 2 aromatic rings. The fourth-order valence-corrected chi connectivity index (χ4v) is 2.93. The quantitative estimate of drug-likeness (QED) is 0.933. The number of aliphatic hydroxyl groups is 1. The molecule has 1 N–H and O–H groups in total. The third kappa shape index (κ3) is 2.94. The second-order valence-electron chi connectivity index (χ2n) is 4.04. The lowest BCUT2D eigenvalue weighted by atomic mass is 9.87. The van der Waals surface area contributed by atoms with E-state index in [0.717, 1.165) is 14.9 Å². The molecular weight excluding hydrogens is 298 g/mol. The number of rotatable bonds is 4. The molecule has 0 aliphatic heterocycles. The van der Waals surface area contributed by atoms with Gasteiger partial charge in [0.1, 0.15) is 0 Å². The Morgan fingerprint density at radius 3 is 2.88 bits per heavy atom. The minimum absolute atomic E-state index is 0.616. The van der Waals surface area contributed by atoms with Gasteiger partial charge < -0.3 is 5.11 Å². The standard InChI is InChI=1S/C13H14BrNOS/c1-2-13(16,7-12-8-15-9-17-12)10-4-3-5-11(14)6-10/h3-6,8-9,16H,2,7H2,1H3. The van der Waals surface area contributed by atoms with Crippen LogP contribution in [0.15, 0.2) is 40.4 Å². The van der Waals surface area contributed by atoms with Gasteiger partial charge in [-0.3, -0.25) is 4.98 Å². The van der Waals surface area contributed by atoms with Gasteiger partial charge in [0.25, 0.3) is 0 Å². The average Bonchev–Trinajstić information content (AvgIpc) is 2.81. The first-order valence-corrected chi connectivity index (χ1v) is 7.17. The Hall–Kier alpha value is -0.710. The molecule has 0 radical (unpaired) electrons. The summed E-state index contributed by atoms with van der Waals surface area (Å²) in [5, 5.41) is 10.7. The molecule has 90 valence electrons. The smallest absolute Gasteiger partial charge is 0.0942 e. The van der Waals surface area contributed by atoms with Crippen LogP contribution in [0.4, 0.5) is 0 Å². The van der Waals surface area contributed by atoms with E-state index >= 15 is 0 Å². The SMILES string of the molecule is CCC(O)(Cc1cncs1)c1cccc(Br)c1. The Bertz CT molecular complexity index is 486. The maximum atomic E-state index is 10.7. The van der Waals surface area contributed by atoms with Crippen molar-refractivity contribution in [3.8, 4) is 0 Å². The van der Waals surface area contributed by atoms with E-state index in [1.54, 1.807) is 16.8 Å². The highest BCUT2D eigenvalue weighted by Crippen LogP contribution is 2.31. The van der Waals surface area contributed by atoms with Crippen LogP contribution in [-0.2, 0) is 12.0 Å². The van der Waals surface area contributed by atoms with E-state index in [4.69, 9.17) is 0 Å². The van der Waals surface area contributed by atoms with Crippen LogP contribution in [0.5, 0.6) is 0 Å². The van der Waals surface area contributed by atoms with Crippen LogP contribution in [0.2, 0.25) is 0 Å². The van der Waals surface area contributed by atoms with Crippen LogP contribution in [0.1, 0.15) is 23.8 Å². The van der Waals surface area contributed by atoms with E-state index in [1.165, 1.54) is 0 Å². The number of hydrogen-bond acceptors (Lipinski definition) is 3. The fraction of sp³-hybridized carbons (Fsp3) is 0.308. The predicted octanol–water partition coefficient (Wildman–Crippen LogP) is 3.75. The van der Waals surface area contributed by atoms with Crippen molar-refractivity contribution >= 4 is 27.3 Å². The number of aromatic nitrogens is 1. The third-order valence-electron chi connectivity index (χ3n) is 2.90. The lowest BCUT2D eigenvalue weighted by Gasteiger charge is -2.27. The Balaban J connectivity index is 2.30. The summed E-state index contributed by atoms with van der Waals surface area (Å²) < 4.78 is 0.992. The van der Waals surface area contributed by atoms with E-state index in [9.17, 15) is 5.11 Å². The summed E-state index contributed by atoms with van der Waals surface area (Å²) in [6.07, 6.45) is 3.12. The number of halogens is 1. The second kappa shape index (κ2) is 5.29. The molecule has 1 aromatic carbocycles. The Morgan fingerprint density at radius 1 is 1.47 bits per heavy atom. The fourth-order valence-electron chi connectivity index (χ4n) is 1.83. The van der Waals surface area contributed by atoms with E-state index in [-0.39, 0.29) is 0 Å². The van der Waals surface area contributed by atoms with Gasteiger partial charge in [0.05, 0.1) is 11.1 Å². The van der Waals surface area contributed by atoms with Crippen molar-refractivity contribution in [2.75, 3.05) is 0 Å². The highest BCUT2D eigenvalue weighted by molar-refractivity contribution is 9.10. The van der Waals surface area contributed by atoms with Crippen molar-refractivity contribution in [3.63, 3.8) is 0 Å². The van der Waals surface area contributed by atoms with Crippen molar-refractivity contribution in [2.24, 2.45) is 0 Å². The zero-order valence-electron chi connectivity index (χ0n) is 9.56. The summed E-state index contributed by atoms with van der Waals surface area (Å²) in [5.41, 5.74) is 1.94. The number of benzene rings is 1. The van der Waals surface area contributed by atoms with E-state index < -0.39 is 5.60 Å². The van der Waals surface area contributed by atoms with Gasteiger partial charge in [-0.2, -0.15) is 0 Å². The zero-order chi connectivity index (χ0) is 12.3. The topological polar surface area (TPSA) is 33.1 Å². The van der Waals surface area contributed by atoms with Gasteiger partial charge in [-0.05, 0) is 24.1 Å². The first-order chi connectivity index (χ1) is 8.14. The molecule has 4 heteroatoms. The molecular formula is C13H14BrNOS. The third-order valence-corrected chi connectivity index (χ3v) is 4.17. The second-order valence-corrected chi connectivity index (χ2v) is 5.93. The molecule has 0 amide bonds. The minimum Gasteiger partial charge on any atom is -0.385 e. The minimum atomic E-state index is -0.809. The molecule has 2 nitrogen and oxygen atoms in total. The van der Waals surface area contributed by atoms with Crippen molar-refractivity contribution < 1.29 is 5.11 Å². The summed E-state index contributed by atoms with van der Waals surface area (Å²) in [6.45, 7) is 2.00. The van der Waals surface area contributed by atoms with E-state index in [1.807, 2.05) is 37.4 Å². The molecule has 0 saturated carbocycles. The van der Waals surface area contributed by atoms with E-state index in [2.05, 4.69) is 20.9 Å². The van der Waals surface area contributed by atoms with Crippen molar-refractivity contribution in [2.45, 2.75) is 25.4 Å². The molecule has 1 atom stereocenters. The zero-order valence-corrected chi connectivity index (χ0v) is 12.0. The number of nitrogens with zero attached hydrogens (tertiary/aromatic N) is 1. The Kier molecular flexibility index (Phi) is 3.97. The van der Waals surface area contributed by atoms with Gasteiger partial charge in [-0.25, -0.2) is 0 Å². The first-order valence-electron chi connectivity index (χ1n) is 5.50. The largest absolute Gasteiger partial charge is 0.385 e. The van der Waals surface area contributed by atoms with Crippen LogP contribution in [-0.4, -0.2) is 10.1 Å². The molecule has 17 heavy (non-hydrogen) atoms. The van der Waals surface area contributed by atoms with Gasteiger partial charge in [-0.1, -0.05) is 35.0 Å². The molecule has 0 bridgehead atoms. The molecule has 0 aliphatic carbocycles. The predicted molar refractivity (Wildman–Crippen MR) is 74.1 cm³/mol. The molecule has 0 fully saturated rings. The van der Waals surface area contributed by atoms with Gasteiger partial charge >= 0.3 is 0 Å². The molecule has 1 aromatic heterocycles. The van der Waals surface area contributed by atoms with Crippen LogP contribution in [0.25, 0.3) is 0 Å². The maximum absolute atomic E-state index is 10.7. The normalized spacial score (nSPS) is 14.5. The summed E-state index contributed by atoms with van der Waals surface area (Å²) in [7, 11) is 0. The van der Waals surface area contributed by atoms with Crippen LogP contribution in [0, 0.1) is 0 Å². The van der Waals surface area contributed by atoms with E-state index in [0.29, 0.717) is 12.8 Å². The van der Waals surface area contributed by atoms with Crippen molar-refractivity contribution in [1.29, 1.82) is 0 Å². The Morgan fingerprint density at radius 2 is 2.29 bits per heavy atom. The maximum Gasteiger partial charge on any atom is 0.0942 e. The van der Waals surface area contributed by atoms with Crippen LogP contribution >= 0.6 is 27.3 Å². The summed E-state index contributed by atoms with van der Waals surface area (Å²) in [4.78, 5) is 5.16. The van der Waals surface area contributed by atoms with Crippen LogP contribution < -0.4 is 0 Å². The van der Waals surface area contributed by atoms with Crippen molar-refractivity contribution in [3.05, 3.63) is 50.9 Å². The monoisotopic (exact) mass is 311 g/mol. The van der Waals surface area contributed by atoms with Gasteiger partial charge in [0.2, 0.25) is 0 Å². The lowest BCUT2D eigenvalue weighted by Crippen LogP contribution is -2.27. The highest BCUT2D eigenvalue weighted by Gasteiger charge is 2.28. The summed E-state index contributed by atoms with van der Waals surface area (Å²) >= 11 is 5.02. The number of thiazole rings is 1. The van der Waals surface area contributed by atoms with Gasteiger partial charge in [-0.15, -0.1) is 11.3 Å². The molecule has 0 saturated heterocycles. The Labute approximate surface area is 113 Å². The van der Waals surface area contributed by atoms with Gasteiger partial charge in [0, 0.05) is 22.0 Å². The lowest BCUT2D eigenvalue weighted by molar-refractivity contribution is 0.0334. The molecule has 2 rings (SSSR count). The molecule has 0 aliphatic rings. The molecule has 1 heterocycles. The summed E-state index contributed by atoms with van der Waals surface area (Å²) in [6, 6.07) is 7.86. The summed E-state index contributed by atoms with van der Waals surface area (Å²) in [5.74, 6) is 0. The van der Waals surface area contributed by atoms with Crippen molar-refractivity contribution in [1.82, 2.24) is 4.98 Å². The average molecular weight is 312 g/mol. The highest BCUT2D eigenvalue weighted by atomic mass is 79.9. The number of hydrogen-bond donors (Lipinski definition) is 1. The van der Waals surface area contributed by atoms with Gasteiger partial charge in [0.15, 0.2) is 0 Å². The molecule has 1 unspecified atom stereocenters. The van der Waals surface area contributed by atoms with Crippen LogP contribution in [0.3, 0.4) is 0 Å².